The molecule has 0 aromatic carbocycles. The first-order valence-corrected chi connectivity index (χ1v) is 6.20. The Kier molecular flexibility index (Phi) is 5.84. The molecule has 1 heterocycles. The second kappa shape index (κ2) is 7.38. The highest BCUT2D eigenvalue weighted by Gasteiger charge is 2.47. The SMILES string of the molecule is CC(=O)OC[C@H]1OC=C([N+](=O)[O-])[C@@H](OC(C)=O)[C@@H]1OC(C)=O. The highest BCUT2D eigenvalue weighted by molar-refractivity contribution is 5.68. The van der Waals surface area contributed by atoms with Gasteiger partial charge < -0.3 is 18.9 Å². The van der Waals surface area contributed by atoms with Gasteiger partial charge in [-0.15, -0.1) is 0 Å². The van der Waals surface area contributed by atoms with Gasteiger partial charge in [-0.2, -0.15) is 0 Å². The van der Waals surface area contributed by atoms with E-state index in [1.165, 1.54) is 0 Å². The fourth-order valence-electron chi connectivity index (χ4n) is 1.78. The van der Waals surface area contributed by atoms with Crippen molar-refractivity contribution < 1.29 is 38.3 Å². The fraction of sp³-hybridized carbons (Fsp3) is 0.583. The Balaban J connectivity index is 3.08. The normalized spacial score (nSPS) is 23.6. The molecule has 0 aliphatic carbocycles. The summed E-state index contributed by atoms with van der Waals surface area (Å²) >= 11 is 0. The summed E-state index contributed by atoms with van der Waals surface area (Å²) in [5.74, 6) is -2.18. The van der Waals surface area contributed by atoms with Gasteiger partial charge in [-0.1, -0.05) is 0 Å². The van der Waals surface area contributed by atoms with Crippen molar-refractivity contribution in [2.24, 2.45) is 0 Å². The monoisotopic (exact) mass is 317 g/mol. The minimum absolute atomic E-state index is 0.327. The Morgan fingerprint density at radius 2 is 1.77 bits per heavy atom. The van der Waals surface area contributed by atoms with Gasteiger partial charge in [-0.25, -0.2) is 0 Å². The lowest BCUT2D eigenvalue weighted by atomic mass is 10.0. The standard InChI is InChI=1S/C12H15NO9/c1-6(14)19-5-10-12(22-8(3)16)11(21-7(2)15)9(4-20-10)13(17)18/h4,10-12H,5H2,1-3H3/t10-,11-,12-/m1/s1. The van der Waals surface area contributed by atoms with Crippen molar-refractivity contribution in [2.75, 3.05) is 6.61 Å². The van der Waals surface area contributed by atoms with Crippen molar-refractivity contribution in [3.8, 4) is 0 Å². The first-order chi connectivity index (χ1) is 10.2. The Morgan fingerprint density at radius 1 is 1.18 bits per heavy atom. The minimum Gasteiger partial charge on any atom is -0.483 e. The van der Waals surface area contributed by atoms with Crippen LogP contribution in [0.15, 0.2) is 12.0 Å². The molecule has 10 nitrogen and oxygen atoms in total. The lowest BCUT2D eigenvalue weighted by Crippen LogP contribution is -2.50. The molecule has 0 aromatic heterocycles. The van der Waals surface area contributed by atoms with E-state index >= 15 is 0 Å². The van der Waals surface area contributed by atoms with Crippen LogP contribution >= 0.6 is 0 Å². The minimum atomic E-state index is -1.47. The van der Waals surface area contributed by atoms with Gasteiger partial charge in [0.2, 0.25) is 6.10 Å². The van der Waals surface area contributed by atoms with E-state index in [0.29, 0.717) is 0 Å². The van der Waals surface area contributed by atoms with Crippen molar-refractivity contribution >= 4 is 17.9 Å². The molecule has 3 atom stereocenters. The van der Waals surface area contributed by atoms with Gasteiger partial charge >= 0.3 is 23.6 Å². The largest absolute Gasteiger partial charge is 0.483 e. The summed E-state index contributed by atoms with van der Waals surface area (Å²) in [5.41, 5.74) is -0.583. The average Bonchev–Trinajstić information content (AvgIpc) is 2.37. The summed E-state index contributed by atoms with van der Waals surface area (Å²) in [6.45, 7) is 2.97. The Labute approximate surface area is 125 Å². The number of ether oxygens (including phenoxy) is 4. The number of hydrogen-bond donors (Lipinski definition) is 0. The van der Waals surface area contributed by atoms with Crippen LogP contribution < -0.4 is 0 Å². The van der Waals surface area contributed by atoms with E-state index < -0.39 is 46.8 Å². The van der Waals surface area contributed by atoms with Gasteiger partial charge in [0.05, 0.1) is 4.92 Å². The molecule has 0 N–H and O–H groups in total. The molecule has 0 saturated carbocycles. The molecule has 0 radical (unpaired) electrons. The average molecular weight is 317 g/mol. The lowest BCUT2D eigenvalue weighted by molar-refractivity contribution is -0.444. The lowest BCUT2D eigenvalue weighted by Gasteiger charge is -2.32. The molecule has 10 heteroatoms. The number of hydrogen-bond acceptors (Lipinski definition) is 9. The van der Waals surface area contributed by atoms with Gasteiger partial charge in [0, 0.05) is 20.8 Å². The predicted octanol–water partition coefficient (Wildman–Crippen LogP) is -0.0702. The molecule has 0 spiro atoms. The van der Waals surface area contributed by atoms with Crippen LogP contribution in [0.1, 0.15) is 20.8 Å². The molecule has 0 unspecified atom stereocenters. The van der Waals surface area contributed by atoms with Crippen LogP contribution in [0.2, 0.25) is 0 Å². The smallest absolute Gasteiger partial charge is 0.324 e. The maximum absolute atomic E-state index is 11.2. The van der Waals surface area contributed by atoms with Gasteiger partial charge in [-0.05, 0) is 0 Å². The summed E-state index contributed by atoms with van der Waals surface area (Å²) in [4.78, 5) is 43.4. The third-order valence-electron chi connectivity index (χ3n) is 2.58. The summed E-state index contributed by atoms with van der Waals surface area (Å²) < 4.78 is 19.6. The van der Waals surface area contributed by atoms with E-state index in [1.54, 1.807) is 0 Å². The Bertz CT molecular complexity index is 513. The molecule has 0 saturated heterocycles. The first kappa shape index (κ1) is 17.4. The zero-order chi connectivity index (χ0) is 16.9. The first-order valence-electron chi connectivity index (χ1n) is 6.20. The summed E-state index contributed by atoms with van der Waals surface area (Å²) in [5, 5.41) is 11.0. The Morgan fingerprint density at radius 3 is 2.23 bits per heavy atom. The second-order valence-corrected chi connectivity index (χ2v) is 4.38. The number of nitrogens with zero attached hydrogens (tertiary/aromatic N) is 1. The summed E-state index contributed by atoms with van der Waals surface area (Å²) in [6.07, 6.45) is -3.04. The number of carbonyl (C=O) groups excluding carboxylic acids is 3. The molecule has 1 aliphatic rings. The van der Waals surface area contributed by atoms with Crippen LogP contribution in [0.5, 0.6) is 0 Å². The number of nitro groups is 1. The van der Waals surface area contributed by atoms with Gasteiger partial charge in [0.15, 0.2) is 18.5 Å². The summed E-state index contributed by atoms with van der Waals surface area (Å²) in [7, 11) is 0. The Hall–Kier alpha value is -2.65. The topological polar surface area (TPSA) is 131 Å². The molecule has 0 amide bonds. The zero-order valence-electron chi connectivity index (χ0n) is 12.1. The van der Waals surface area contributed by atoms with Crippen LogP contribution in [-0.4, -0.2) is 47.8 Å². The summed E-state index contributed by atoms with van der Waals surface area (Å²) in [6, 6.07) is 0. The van der Waals surface area contributed by atoms with Gasteiger partial charge in [0.1, 0.15) is 6.61 Å². The third kappa shape index (κ3) is 4.72. The maximum Gasteiger partial charge on any atom is 0.324 e. The van der Waals surface area contributed by atoms with Crippen LogP contribution in [0.3, 0.4) is 0 Å². The van der Waals surface area contributed by atoms with Crippen LogP contribution in [0.4, 0.5) is 0 Å². The van der Waals surface area contributed by atoms with E-state index in [4.69, 9.17) is 18.9 Å². The molecule has 22 heavy (non-hydrogen) atoms. The molecule has 1 rings (SSSR count). The van der Waals surface area contributed by atoms with Gasteiger partial charge in [-0.3, -0.25) is 24.5 Å². The van der Waals surface area contributed by atoms with E-state index in [9.17, 15) is 24.5 Å². The number of esters is 3. The van der Waals surface area contributed by atoms with Crippen LogP contribution in [0, 0.1) is 10.1 Å². The zero-order valence-corrected chi connectivity index (χ0v) is 12.1. The van der Waals surface area contributed by atoms with E-state index in [1.807, 2.05) is 0 Å². The molecule has 0 fully saturated rings. The van der Waals surface area contributed by atoms with Gasteiger partial charge in [0.25, 0.3) is 0 Å². The van der Waals surface area contributed by atoms with Crippen molar-refractivity contribution in [3.05, 3.63) is 22.1 Å². The van der Waals surface area contributed by atoms with Crippen LogP contribution in [-0.2, 0) is 33.3 Å². The molecule has 122 valence electrons. The highest BCUT2D eigenvalue weighted by Crippen LogP contribution is 2.26. The quantitative estimate of drug-likeness (QED) is 0.296. The highest BCUT2D eigenvalue weighted by atomic mass is 16.7. The van der Waals surface area contributed by atoms with E-state index in [0.717, 1.165) is 27.0 Å². The third-order valence-corrected chi connectivity index (χ3v) is 2.58. The molecule has 1 aliphatic heterocycles. The molecular weight excluding hydrogens is 302 g/mol. The molecular formula is C12H15NO9. The second-order valence-electron chi connectivity index (χ2n) is 4.38. The van der Waals surface area contributed by atoms with Crippen molar-refractivity contribution in [1.82, 2.24) is 0 Å². The van der Waals surface area contributed by atoms with Crippen molar-refractivity contribution in [3.63, 3.8) is 0 Å². The van der Waals surface area contributed by atoms with Crippen molar-refractivity contribution in [2.45, 2.75) is 39.1 Å². The van der Waals surface area contributed by atoms with E-state index in [2.05, 4.69) is 0 Å². The number of rotatable bonds is 5. The predicted molar refractivity (Wildman–Crippen MR) is 67.7 cm³/mol. The molecule has 0 aromatic rings. The van der Waals surface area contributed by atoms with Crippen molar-refractivity contribution in [1.29, 1.82) is 0 Å². The number of carbonyl (C=O) groups is 3. The molecule has 0 bridgehead atoms. The maximum atomic E-state index is 11.2. The fourth-order valence-corrected chi connectivity index (χ4v) is 1.78. The van der Waals surface area contributed by atoms with E-state index in [-0.39, 0.29) is 6.61 Å². The van der Waals surface area contributed by atoms with Crippen LogP contribution in [0.25, 0.3) is 0 Å².